The summed E-state index contributed by atoms with van der Waals surface area (Å²) in [7, 11) is 3.93. The van der Waals surface area contributed by atoms with E-state index in [0.29, 0.717) is 28.5 Å². The molecule has 1 aromatic carbocycles. The zero-order chi connectivity index (χ0) is 14.7. The molecule has 1 aromatic heterocycles. The van der Waals surface area contributed by atoms with Crippen LogP contribution in [0.4, 0.5) is 5.69 Å². The van der Waals surface area contributed by atoms with Gasteiger partial charge in [0.2, 0.25) is 5.78 Å². The van der Waals surface area contributed by atoms with Gasteiger partial charge in [-0.3, -0.25) is 9.48 Å². The topological polar surface area (TPSA) is 64.2 Å². The van der Waals surface area contributed by atoms with Crippen LogP contribution < -0.4 is 5.73 Å². The lowest BCUT2D eigenvalue weighted by molar-refractivity contribution is 0.102. The summed E-state index contributed by atoms with van der Waals surface area (Å²) >= 11 is 6.10. The molecule has 0 bridgehead atoms. The summed E-state index contributed by atoms with van der Waals surface area (Å²) in [5.74, 6) is -0.168. The fraction of sp³-hybridized carbons (Fsp3) is 0.286. The van der Waals surface area contributed by atoms with E-state index < -0.39 is 0 Å². The Bertz CT molecular complexity index is 621. The highest BCUT2D eigenvalue weighted by molar-refractivity contribution is 6.34. The molecule has 0 saturated heterocycles. The largest absolute Gasteiger partial charge is 0.399 e. The molecule has 2 N–H and O–H groups in total. The van der Waals surface area contributed by atoms with Crippen molar-refractivity contribution >= 4 is 23.1 Å². The third-order valence-corrected chi connectivity index (χ3v) is 3.19. The van der Waals surface area contributed by atoms with Crippen LogP contribution in [0.3, 0.4) is 0 Å². The van der Waals surface area contributed by atoms with Crippen LogP contribution in [0, 0.1) is 0 Å². The van der Waals surface area contributed by atoms with Crippen LogP contribution in [-0.4, -0.2) is 41.1 Å². The molecule has 0 unspecified atom stereocenters. The van der Waals surface area contributed by atoms with Crippen LogP contribution in [0.2, 0.25) is 5.02 Å². The first kappa shape index (κ1) is 14.6. The van der Waals surface area contributed by atoms with Crippen molar-refractivity contribution < 1.29 is 4.79 Å². The Labute approximate surface area is 122 Å². The van der Waals surface area contributed by atoms with Gasteiger partial charge in [-0.15, -0.1) is 0 Å². The Balaban J connectivity index is 2.32. The maximum Gasteiger partial charge on any atom is 0.212 e. The first-order valence-electron chi connectivity index (χ1n) is 6.25. The minimum absolute atomic E-state index is 0.168. The molecule has 0 aliphatic carbocycles. The van der Waals surface area contributed by atoms with Crippen molar-refractivity contribution in [2.45, 2.75) is 6.54 Å². The molecule has 0 aliphatic heterocycles. The molecule has 6 heteroatoms. The summed E-state index contributed by atoms with van der Waals surface area (Å²) in [4.78, 5) is 14.5. The monoisotopic (exact) mass is 292 g/mol. The van der Waals surface area contributed by atoms with E-state index in [-0.39, 0.29) is 5.78 Å². The van der Waals surface area contributed by atoms with Gasteiger partial charge in [-0.05, 0) is 26.2 Å². The molecule has 20 heavy (non-hydrogen) atoms. The first-order chi connectivity index (χ1) is 9.49. The number of nitrogen functional groups attached to an aromatic ring is 1. The molecule has 2 rings (SSSR count). The van der Waals surface area contributed by atoms with Gasteiger partial charge in [0.05, 0.1) is 17.8 Å². The Morgan fingerprint density at radius 3 is 2.85 bits per heavy atom. The lowest BCUT2D eigenvalue weighted by atomic mass is 10.1. The number of anilines is 1. The second kappa shape index (κ2) is 6.07. The lowest BCUT2D eigenvalue weighted by Gasteiger charge is -2.11. The molecule has 0 atom stereocenters. The van der Waals surface area contributed by atoms with Gasteiger partial charge in [-0.25, -0.2) is 0 Å². The standard InChI is InChI=1S/C14H17ClN4O/c1-18(2)6-7-19-13(12(15)9-17-19)14(20)10-4-3-5-11(16)8-10/h3-5,8-9H,6-7,16H2,1-2H3. The normalized spacial score (nSPS) is 11.0. The second-order valence-corrected chi connectivity index (χ2v) is 5.23. The van der Waals surface area contributed by atoms with Crippen molar-refractivity contribution in [2.75, 3.05) is 26.4 Å². The fourth-order valence-electron chi connectivity index (χ4n) is 1.87. The van der Waals surface area contributed by atoms with Crippen LogP contribution in [0.5, 0.6) is 0 Å². The summed E-state index contributed by atoms with van der Waals surface area (Å²) in [6, 6.07) is 6.85. The maximum absolute atomic E-state index is 12.5. The molecule has 0 spiro atoms. The zero-order valence-electron chi connectivity index (χ0n) is 11.5. The summed E-state index contributed by atoms with van der Waals surface area (Å²) in [5.41, 5.74) is 7.17. The van der Waals surface area contributed by atoms with Crippen LogP contribution in [0.1, 0.15) is 16.1 Å². The Morgan fingerprint density at radius 2 is 2.20 bits per heavy atom. The smallest absolute Gasteiger partial charge is 0.212 e. The average molecular weight is 293 g/mol. The molecule has 5 nitrogen and oxygen atoms in total. The van der Waals surface area contributed by atoms with E-state index >= 15 is 0 Å². The van der Waals surface area contributed by atoms with E-state index in [1.165, 1.54) is 6.20 Å². The summed E-state index contributed by atoms with van der Waals surface area (Å²) < 4.78 is 1.63. The Hall–Kier alpha value is -1.85. The van der Waals surface area contributed by atoms with E-state index in [9.17, 15) is 4.79 Å². The van der Waals surface area contributed by atoms with Crippen molar-refractivity contribution in [3.05, 3.63) is 46.7 Å². The molecule has 1 heterocycles. The van der Waals surface area contributed by atoms with Gasteiger partial charge in [0, 0.05) is 17.8 Å². The number of carbonyl (C=O) groups excluding carboxylic acids is 1. The van der Waals surface area contributed by atoms with Crippen LogP contribution >= 0.6 is 11.6 Å². The number of ketones is 1. The predicted molar refractivity (Wildman–Crippen MR) is 80.1 cm³/mol. The predicted octanol–water partition coefficient (Wildman–Crippen LogP) is 1.91. The van der Waals surface area contributed by atoms with Gasteiger partial charge < -0.3 is 10.6 Å². The highest BCUT2D eigenvalue weighted by atomic mass is 35.5. The maximum atomic E-state index is 12.5. The number of aromatic nitrogens is 2. The summed E-state index contributed by atoms with van der Waals surface area (Å²) in [5, 5.41) is 4.52. The fourth-order valence-corrected chi connectivity index (χ4v) is 2.10. The number of carbonyl (C=O) groups is 1. The molecule has 0 fully saturated rings. The number of nitrogens with two attached hydrogens (primary N) is 1. The number of hydrogen-bond donors (Lipinski definition) is 1. The molecule has 0 aliphatic rings. The molecule has 0 radical (unpaired) electrons. The van der Waals surface area contributed by atoms with Crippen molar-refractivity contribution in [3.63, 3.8) is 0 Å². The number of rotatable bonds is 5. The van der Waals surface area contributed by atoms with Gasteiger partial charge in [0.1, 0.15) is 5.69 Å². The van der Waals surface area contributed by atoms with Gasteiger partial charge >= 0.3 is 0 Å². The number of halogens is 1. The first-order valence-corrected chi connectivity index (χ1v) is 6.63. The van der Waals surface area contributed by atoms with E-state index in [0.717, 1.165) is 6.54 Å². The highest BCUT2D eigenvalue weighted by Gasteiger charge is 2.19. The van der Waals surface area contributed by atoms with Crippen molar-refractivity contribution in [3.8, 4) is 0 Å². The quantitative estimate of drug-likeness (QED) is 0.675. The lowest BCUT2D eigenvalue weighted by Crippen LogP contribution is -2.21. The van der Waals surface area contributed by atoms with Crippen molar-refractivity contribution in [1.29, 1.82) is 0 Å². The van der Waals surface area contributed by atoms with E-state index in [1.54, 1.807) is 28.9 Å². The second-order valence-electron chi connectivity index (χ2n) is 4.82. The van der Waals surface area contributed by atoms with E-state index in [1.807, 2.05) is 19.0 Å². The third-order valence-electron chi connectivity index (χ3n) is 2.92. The average Bonchev–Trinajstić information content (AvgIpc) is 2.76. The molecule has 106 valence electrons. The highest BCUT2D eigenvalue weighted by Crippen LogP contribution is 2.20. The third kappa shape index (κ3) is 3.18. The minimum atomic E-state index is -0.168. The summed E-state index contributed by atoms with van der Waals surface area (Å²) in [6.45, 7) is 1.37. The van der Waals surface area contributed by atoms with Gasteiger partial charge in [-0.1, -0.05) is 23.7 Å². The zero-order valence-corrected chi connectivity index (χ0v) is 12.3. The van der Waals surface area contributed by atoms with Crippen molar-refractivity contribution in [1.82, 2.24) is 14.7 Å². The Kier molecular flexibility index (Phi) is 4.42. The van der Waals surface area contributed by atoms with E-state index in [2.05, 4.69) is 5.10 Å². The number of hydrogen-bond acceptors (Lipinski definition) is 4. The summed E-state index contributed by atoms with van der Waals surface area (Å²) in [6.07, 6.45) is 1.50. The van der Waals surface area contributed by atoms with E-state index in [4.69, 9.17) is 17.3 Å². The number of likely N-dealkylation sites (N-methyl/N-ethyl adjacent to an activating group) is 1. The molecule has 2 aromatic rings. The SMILES string of the molecule is CN(C)CCn1ncc(Cl)c1C(=O)c1cccc(N)c1. The Morgan fingerprint density at radius 1 is 1.45 bits per heavy atom. The molecule has 0 saturated carbocycles. The number of nitrogens with zero attached hydrogens (tertiary/aromatic N) is 3. The number of benzene rings is 1. The van der Waals surface area contributed by atoms with Crippen molar-refractivity contribution in [2.24, 2.45) is 0 Å². The van der Waals surface area contributed by atoms with Crippen LogP contribution in [0.25, 0.3) is 0 Å². The van der Waals surface area contributed by atoms with Gasteiger partial charge in [0.25, 0.3) is 0 Å². The van der Waals surface area contributed by atoms with Crippen LogP contribution in [-0.2, 0) is 6.54 Å². The minimum Gasteiger partial charge on any atom is -0.399 e. The van der Waals surface area contributed by atoms with Gasteiger partial charge in [0.15, 0.2) is 0 Å². The molecular weight excluding hydrogens is 276 g/mol. The van der Waals surface area contributed by atoms with Gasteiger partial charge in [-0.2, -0.15) is 5.10 Å². The van der Waals surface area contributed by atoms with Crippen LogP contribution in [0.15, 0.2) is 30.5 Å². The molecular formula is C14H17ClN4O. The molecule has 0 amide bonds.